The minimum absolute atomic E-state index is 0.0398. The second-order valence-electron chi connectivity index (χ2n) is 9.37. The lowest BCUT2D eigenvalue weighted by molar-refractivity contribution is -0.234. The fourth-order valence-corrected chi connectivity index (χ4v) is 7.21. The Balaban J connectivity index is 1.88. The van der Waals surface area contributed by atoms with E-state index in [1.165, 1.54) is 0 Å². The number of Topliss-reactive ketones (excluding diaryl/α,β-unsaturated/α-hetero) is 1. The number of aliphatic hydroxyl groups is 2. The summed E-state index contributed by atoms with van der Waals surface area (Å²) < 4.78 is 0. The zero-order valence-electron chi connectivity index (χ0n) is 15.0. The summed E-state index contributed by atoms with van der Waals surface area (Å²) in [6.45, 7) is 7.70. The molecule has 4 saturated carbocycles. The molecule has 0 aromatic heterocycles. The first-order valence-corrected chi connectivity index (χ1v) is 9.43. The third-order valence-corrected chi connectivity index (χ3v) is 8.68. The summed E-state index contributed by atoms with van der Waals surface area (Å²) in [6.07, 6.45) is 1.78. The zero-order valence-corrected chi connectivity index (χ0v) is 15.0. The number of rotatable bonds is 1. The fourth-order valence-electron chi connectivity index (χ4n) is 7.21. The van der Waals surface area contributed by atoms with Gasteiger partial charge in [-0.2, -0.15) is 0 Å². The standard InChI is InChI=1S/C20H28O5/c1-10-11-4-5-12-19(3)13(8-15(22)20(12,9-11)16(10)23)18(2,17(24)25)7-6-14(19)21/h11-15,21-22H,1,4-9H2,2-3H3,(H,24,25)/t11-,12+,13-,14+,15+,18-,19+,20-/m1/s1. The normalized spacial score (nSPS) is 54.8. The average molecular weight is 348 g/mol. The maximum absolute atomic E-state index is 13.1. The van der Waals surface area contributed by atoms with Crippen LogP contribution in [0.1, 0.15) is 52.4 Å². The summed E-state index contributed by atoms with van der Waals surface area (Å²) in [4.78, 5) is 25.2. The van der Waals surface area contributed by atoms with E-state index < -0.39 is 34.4 Å². The van der Waals surface area contributed by atoms with Gasteiger partial charge in [0.05, 0.1) is 23.0 Å². The first-order valence-electron chi connectivity index (χ1n) is 9.43. The summed E-state index contributed by atoms with van der Waals surface area (Å²) in [5.41, 5.74) is -1.90. The number of carboxylic acid groups (broad SMARTS) is 1. The quantitative estimate of drug-likeness (QED) is 0.631. The monoisotopic (exact) mass is 348 g/mol. The summed E-state index contributed by atoms with van der Waals surface area (Å²) in [5.74, 6) is -1.31. The number of allylic oxidation sites excluding steroid dienone is 1. The van der Waals surface area contributed by atoms with Gasteiger partial charge in [-0.25, -0.2) is 0 Å². The lowest BCUT2D eigenvalue weighted by atomic mass is 9.39. The molecule has 0 aromatic carbocycles. The van der Waals surface area contributed by atoms with Gasteiger partial charge in [0.2, 0.25) is 0 Å². The van der Waals surface area contributed by atoms with Crippen LogP contribution in [-0.4, -0.2) is 39.3 Å². The smallest absolute Gasteiger partial charge is 0.309 e. The van der Waals surface area contributed by atoms with E-state index in [0.717, 1.165) is 12.8 Å². The highest BCUT2D eigenvalue weighted by atomic mass is 16.4. The molecule has 4 aliphatic rings. The predicted octanol–water partition coefficient (Wildman–Crippen LogP) is 2.16. The van der Waals surface area contributed by atoms with Crippen LogP contribution in [0.15, 0.2) is 12.2 Å². The summed E-state index contributed by atoms with van der Waals surface area (Å²) in [7, 11) is 0. The van der Waals surface area contributed by atoms with Gasteiger partial charge >= 0.3 is 5.97 Å². The molecule has 2 bridgehead atoms. The van der Waals surface area contributed by atoms with Crippen LogP contribution in [-0.2, 0) is 9.59 Å². The maximum atomic E-state index is 13.1. The SMILES string of the molecule is C=C1C(=O)[C@]23C[C@H]1CC[C@H]2[C@]1(C)[C@@H](O)CC[C@@](C)(C(=O)O)[C@H]1C[C@@H]3O. The molecule has 138 valence electrons. The molecular formula is C20H28O5. The van der Waals surface area contributed by atoms with Crippen molar-refractivity contribution < 1.29 is 24.9 Å². The number of carbonyl (C=O) groups excluding carboxylic acids is 1. The second-order valence-corrected chi connectivity index (χ2v) is 9.37. The van der Waals surface area contributed by atoms with E-state index in [4.69, 9.17) is 0 Å². The highest BCUT2D eigenvalue weighted by molar-refractivity contribution is 6.03. The minimum atomic E-state index is -0.980. The first kappa shape index (κ1) is 17.2. The van der Waals surface area contributed by atoms with Gasteiger partial charge < -0.3 is 15.3 Å². The molecule has 5 heteroatoms. The van der Waals surface area contributed by atoms with Crippen LogP contribution >= 0.6 is 0 Å². The largest absolute Gasteiger partial charge is 0.481 e. The van der Waals surface area contributed by atoms with Gasteiger partial charge in [0.1, 0.15) is 0 Å². The fraction of sp³-hybridized carbons (Fsp3) is 0.800. The van der Waals surface area contributed by atoms with Crippen LogP contribution < -0.4 is 0 Å². The summed E-state index contributed by atoms with van der Waals surface area (Å²) in [5, 5.41) is 32.0. The van der Waals surface area contributed by atoms with Gasteiger partial charge in [0.25, 0.3) is 0 Å². The molecule has 8 atom stereocenters. The average Bonchev–Trinajstić information content (AvgIpc) is 2.76. The van der Waals surface area contributed by atoms with E-state index >= 15 is 0 Å². The van der Waals surface area contributed by atoms with E-state index in [1.807, 2.05) is 6.92 Å². The Morgan fingerprint density at radius 1 is 1.12 bits per heavy atom. The Bertz CT molecular complexity index is 671. The molecule has 4 fully saturated rings. The number of aliphatic carboxylic acids is 1. The number of hydrogen-bond acceptors (Lipinski definition) is 4. The van der Waals surface area contributed by atoms with Crippen molar-refractivity contribution in [3.63, 3.8) is 0 Å². The van der Waals surface area contributed by atoms with Crippen molar-refractivity contribution >= 4 is 11.8 Å². The van der Waals surface area contributed by atoms with E-state index in [9.17, 15) is 24.9 Å². The molecule has 4 rings (SSSR count). The lowest BCUT2D eigenvalue weighted by Gasteiger charge is -2.65. The summed E-state index contributed by atoms with van der Waals surface area (Å²) >= 11 is 0. The van der Waals surface area contributed by atoms with Crippen molar-refractivity contribution in [1.82, 2.24) is 0 Å². The highest BCUT2D eigenvalue weighted by Crippen LogP contribution is 2.71. The molecule has 0 aromatic rings. The van der Waals surface area contributed by atoms with Crippen molar-refractivity contribution in [3.05, 3.63) is 12.2 Å². The number of carbonyl (C=O) groups is 2. The van der Waals surface area contributed by atoms with Crippen molar-refractivity contribution in [2.75, 3.05) is 0 Å². The van der Waals surface area contributed by atoms with Gasteiger partial charge in [-0.1, -0.05) is 13.5 Å². The van der Waals surface area contributed by atoms with Gasteiger partial charge in [-0.3, -0.25) is 9.59 Å². The number of ketones is 1. The molecule has 4 aliphatic carbocycles. The molecule has 0 amide bonds. The van der Waals surface area contributed by atoms with Crippen LogP contribution in [0, 0.1) is 34.0 Å². The van der Waals surface area contributed by atoms with Crippen LogP contribution in [0.3, 0.4) is 0 Å². The van der Waals surface area contributed by atoms with E-state index in [2.05, 4.69) is 6.58 Å². The van der Waals surface area contributed by atoms with Gasteiger partial charge in [0, 0.05) is 5.41 Å². The van der Waals surface area contributed by atoms with Crippen LogP contribution in [0.2, 0.25) is 0 Å². The van der Waals surface area contributed by atoms with Gasteiger partial charge in [-0.05, 0) is 68.8 Å². The third kappa shape index (κ3) is 1.76. The number of hydrogen-bond donors (Lipinski definition) is 3. The van der Waals surface area contributed by atoms with Crippen molar-refractivity contribution in [3.8, 4) is 0 Å². The maximum Gasteiger partial charge on any atom is 0.309 e. The highest BCUT2D eigenvalue weighted by Gasteiger charge is 2.72. The first-order chi connectivity index (χ1) is 11.6. The van der Waals surface area contributed by atoms with E-state index in [0.29, 0.717) is 24.8 Å². The van der Waals surface area contributed by atoms with E-state index in [-0.39, 0.29) is 30.0 Å². The molecule has 0 radical (unpaired) electrons. The number of fused-ring (bicyclic) bond motifs is 3. The molecule has 5 nitrogen and oxygen atoms in total. The Morgan fingerprint density at radius 2 is 1.80 bits per heavy atom. The van der Waals surface area contributed by atoms with Gasteiger partial charge in [-0.15, -0.1) is 0 Å². The molecule has 0 unspecified atom stereocenters. The topological polar surface area (TPSA) is 94.8 Å². The number of carboxylic acids is 1. The van der Waals surface area contributed by atoms with Gasteiger partial charge in [0.15, 0.2) is 5.78 Å². The Kier molecular flexibility index (Phi) is 3.41. The Labute approximate surface area is 148 Å². The Morgan fingerprint density at radius 3 is 2.44 bits per heavy atom. The van der Waals surface area contributed by atoms with Crippen LogP contribution in [0.4, 0.5) is 0 Å². The molecular weight excluding hydrogens is 320 g/mol. The second kappa shape index (κ2) is 4.95. The Hall–Kier alpha value is -1.20. The minimum Gasteiger partial charge on any atom is -0.481 e. The molecule has 0 saturated heterocycles. The zero-order chi connectivity index (χ0) is 18.4. The predicted molar refractivity (Wildman–Crippen MR) is 90.6 cm³/mol. The van der Waals surface area contributed by atoms with E-state index in [1.54, 1.807) is 6.92 Å². The van der Waals surface area contributed by atoms with Crippen molar-refractivity contribution in [1.29, 1.82) is 0 Å². The lowest BCUT2D eigenvalue weighted by Crippen LogP contribution is -2.68. The number of aliphatic hydroxyl groups excluding tert-OH is 2. The summed E-state index contributed by atoms with van der Waals surface area (Å²) in [6, 6.07) is 0. The molecule has 0 aliphatic heterocycles. The molecule has 3 N–H and O–H groups in total. The third-order valence-electron chi connectivity index (χ3n) is 8.68. The van der Waals surface area contributed by atoms with Crippen LogP contribution in [0.25, 0.3) is 0 Å². The molecule has 25 heavy (non-hydrogen) atoms. The molecule has 1 spiro atoms. The molecule has 0 heterocycles. The van der Waals surface area contributed by atoms with Crippen LogP contribution in [0.5, 0.6) is 0 Å². The van der Waals surface area contributed by atoms with Crippen molar-refractivity contribution in [2.45, 2.75) is 64.6 Å². The van der Waals surface area contributed by atoms with Crippen molar-refractivity contribution in [2.24, 2.45) is 34.0 Å².